The summed E-state index contributed by atoms with van der Waals surface area (Å²) in [5.41, 5.74) is 2.90. The topological polar surface area (TPSA) is 102 Å². The summed E-state index contributed by atoms with van der Waals surface area (Å²) in [6.45, 7) is 4.82. The molecule has 0 aliphatic heterocycles. The number of rotatable bonds is 11. The number of aromatic nitrogens is 4. The zero-order valence-corrected chi connectivity index (χ0v) is 21.4. The molecule has 0 fully saturated rings. The molecule has 192 valence electrons. The maximum absolute atomic E-state index is 14.0. The molecule has 9 nitrogen and oxygen atoms in total. The van der Waals surface area contributed by atoms with Gasteiger partial charge >= 0.3 is 0 Å². The van der Waals surface area contributed by atoms with Gasteiger partial charge in [0.15, 0.2) is 0 Å². The fourth-order valence-electron chi connectivity index (χ4n) is 4.19. The second kappa shape index (κ2) is 12.1. The van der Waals surface area contributed by atoms with E-state index in [1.54, 1.807) is 41.2 Å². The molecule has 2 aromatic heterocycles. The molecule has 0 saturated heterocycles. The van der Waals surface area contributed by atoms with E-state index in [0.717, 1.165) is 17.5 Å². The molecule has 0 bridgehead atoms. The highest BCUT2D eigenvalue weighted by molar-refractivity contribution is 5.89. The molecule has 0 radical (unpaired) electrons. The van der Waals surface area contributed by atoms with Crippen LogP contribution in [0.5, 0.6) is 5.75 Å². The molecule has 4 rings (SSSR count). The molecule has 2 heterocycles. The molecule has 1 atom stereocenters. The summed E-state index contributed by atoms with van der Waals surface area (Å²) in [6.07, 6.45) is 4.08. The number of ether oxygens (including phenoxy) is 1. The van der Waals surface area contributed by atoms with E-state index in [-0.39, 0.29) is 24.9 Å². The van der Waals surface area contributed by atoms with Gasteiger partial charge in [0.05, 0.1) is 19.2 Å². The van der Waals surface area contributed by atoms with Crippen molar-refractivity contribution in [3.05, 3.63) is 84.2 Å². The van der Waals surface area contributed by atoms with Crippen molar-refractivity contribution >= 4 is 22.8 Å². The van der Waals surface area contributed by atoms with Crippen LogP contribution in [0.4, 0.5) is 0 Å². The molecule has 0 unspecified atom stereocenters. The zero-order chi connectivity index (χ0) is 26.2. The van der Waals surface area contributed by atoms with Gasteiger partial charge in [-0.05, 0) is 48.2 Å². The van der Waals surface area contributed by atoms with Crippen LogP contribution in [0.25, 0.3) is 11.0 Å². The Hall–Kier alpha value is -4.27. The lowest BCUT2D eigenvalue weighted by atomic mass is 10.0. The van der Waals surface area contributed by atoms with Gasteiger partial charge in [0.2, 0.25) is 11.8 Å². The number of hydrogen-bond acceptors (Lipinski definition) is 6. The van der Waals surface area contributed by atoms with Crippen LogP contribution in [-0.2, 0) is 22.7 Å². The summed E-state index contributed by atoms with van der Waals surface area (Å²) in [7, 11) is 1.59. The normalized spacial score (nSPS) is 11.9. The predicted molar refractivity (Wildman–Crippen MR) is 141 cm³/mol. The SMILES string of the molecule is COc1ccccc1CN(C(=O)Cn1nnc2ccccc21)[C@@H](C(=O)NCCC(C)C)c1ccncc1. The molecule has 0 aliphatic rings. The number of benzene rings is 2. The summed E-state index contributed by atoms with van der Waals surface area (Å²) >= 11 is 0. The molecule has 4 aromatic rings. The van der Waals surface area contributed by atoms with Crippen molar-refractivity contribution < 1.29 is 14.3 Å². The fourth-order valence-corrected chi connectivity index (χ4v) is 4.19. The zero-order valence-electron chi connectivity index (χ0n) is 21.4. The van der Waals surface area contributed by atoms with Crippen molar-refractivity contribution in [3.8, 4) is 5.75 Å². The van der Waals surface area contributed by atoms with Crippen molar-refractivity contribution in [2.45, 2.75) is 39.4 Å². The first-order chi connectivity index (χ1) is 18.0. The number of fused-ring (bicyclic) bond motifs is 1. The monoisotopic (exact) mass is 500 g/mol. The van der Waals surface area contributed by atoms with Gasteiger partial charge in [0.1, 0.15) is 23.9 Å². The molecule has 0 spiro atoms. The third kappa shape index (κ3) is 6.30. The minimum absolute atomic E-state index is 0.0729. The third-order valence-corrected chi connectivity index (χ3v) is 6.16. The average molecular weight is 501 g/mol. The summed E-state index contributed by atoms with van der Waals surface area (Å²) < 4.78 is 7.11. The molecule has 1 N–H and O–H groups in total. The first-order valence-electron chi connectivity index (χ1n) is 12.3. The summed E-state index contributed by atoms with van der Waals surface area (Å²) in [6, 6.07) is 17.6. The summed E-state index contributed by atoms with van der Waals surface area (Å²) in [4.78, 5) is 33.3. The van der Waals surface area contributed by atoms with E-state index in [0.29, 0.717) is 29.3 Å². The van der Waals surface area contributed by atoms with Crippen LogP contribution in [0, 0.1) is 5.92 Å². The summed E-state index contributed by atoms with van der Waals surface area (Å²) in [5.74, 6) is 0.549. The smallest absolute Gasteiger partial charge is 0.247 e. The fraction of sp³-hybridized carbons (Fsp3) is 0.321. The van der Waals surface area contributed by atoms with Crippen molar-refractivity contribution in [1.82, 2.24) is 30.2 Å². The van der Waals surface area contributed by atoms with Gasteiger partial charge in [-0.15, -0.1) is 5.10 Å². The second-order valence-corrected chi connectivity index (χ2v) is 9.23. The van der Waals surface area contributed by atoms with Gasteiger partial charge in [-0.1, -0.05) is 49.4 Å². The average Bonchev–Trinajstić information content (AvgIpc) is 3.31. The van der Waals surface area contributed by atoms with E-state index in [9.17, 15) is 9.59 Å². The minimum atomic E-state index is -0.873. The van der Waals surface area contributed by atoms with Crippen LogP contribution < -0.4 is 10.1 Å². The Bertz CT molecular complexity index is 1340. The van der Waals surface area contributed by atoms with Gasteiger partial charge in [-0.2, -0.15) is 0 Å². The number of para-hydroxylation sites is 2. The summed E-state index contributed by atoms with van der Waals surface area (Å²) in [5, 5.41) is 11.4. The number of pyridine rings is 1. The Kier molecular flexibility index (Phi) is 8.45. The van der Waals surface area contributed by atoms with Crippen LogP contribution in [-0.4, -0.2) is 50.3 Å². The molecule has 2 aromatic carbocycles. The van der Waals surface area contributed by atoms with Crippen LogP contribution in [0.15, 0.2) is 73.1 Å². The van der Waals surface area contributed by atoms with E-state index in [1.165, 1.54) is 0 Å². The molecular weight excluding hydrogens is 468 g/mol. The van der Waals surface area contributed by atoms with Gasteiger partial charge < -0.3 is 15.0 Å². The van der Waals surface area contributed by atoms with E-state index in [2.05, 4.69) is 34.5 Å². The number of hydrogen-bond donors (Lipinski definition) is 1. The van der Waals surface area contributed by atoms with Gasteiger partial charge in [-0.25, -0.2) is 4.68 Å². The van der Waals surface area contributed by atoms with E-state index in [4.69, 9.17) is 4.74 Å². The molecule has 37 heavy (non-hydrogen) atoms. The molecular formula is C28H32N6O3. The van der Waals surface area contributed by atoms with Gasteiger partial charge in [0.25, 0.3) is 0 Å². The first kappa shape index (κ1) is 25.8. The van der Waals surface area contributed by atoms with Crippen LogP contribution in [0.3, 0.4) is 0 Å². The van der Waals surface area contributed by atoms with Crippen molar-refractivity contribution in [2.75, 3.05) is 13.7 Å². The Labute approximate surface area is 216 Å². The Morgan fingerprint density at radius 1 is 1.03 bits per heavy atom. The number of carbonyl (C=O) groups is 2. The third-order valence-electron chi connectivity index (χ3n) is 6.16. The Morgan fingerprint density at radius 2 is 1.76 bits per heavy atom. The van der Waals surface area contributed by atoms with Crippen molar-refractivity contribution in [2.24, 2.45) is 5.92 Å². The quantitative estimate of drug-likeness (QED) is 0.336. The minimum Gasteiger partial charge on any atom is -0.496 e. The lowest BCUT2D eigenvalue weighted by Gasteiger charge is -2.32. The lowest BCUT2D eigenvalue weighted by Crippen LogP contribution is -2.45. The van der Waals surface area contributed by atoms with Crippen molar-refractivity contribution in [3.63, 3.8) is 0 Å². The molecule has 0 aliphatic carbocycles. The number of carbonyl (C=O) groups excluding carboxylic acids is 2. The Balaban J connectivity index is 1.72. The van der Waals surface area contributed by atoms with E-state index < -0.39 is 6.04 Å². The number of amides is 2. The molecule has 2 amide bonds. The maximum Gasteiger partial charge on any atom is 0.247 e. The van der Waals surface area contributed by atoms with Crippen LogP contribution in [0.1, 0.15) is 37.4 Å². The van der Waals surface area contributed by atoms with Crippen molar-refractivity contribution in [1.29, 1.82) is 0 Å². The highest BCUT2D eigenvalue weighted by Gasteiger charge is 2.32. The second-order valence-electron chi connectivity index (χ2n) is 9.23. The standard InChI is InChI=1S/C28H32N6O3/c1-20(2)12-17-30-28(36)27(21-13-15-29-16-14-21)33(18-22-8-4-7-11-25(22)37-3)26(35)19-34-24-10-6-5-9-23(24)31-32-34/h4-11,13-16,20,27H,12,17-19H2,1-3H3,(H,30,36)/t27-/m1/s1. The first-order valence-corrected chi connectivity index (χ1v) is 12.3. The largest absolute Gasteiger partial charge is 0.496 e. The highest BCUT2D eigenvalue weighted by atomic mass is 16.5. The number of nitrogens with zero attached hydrogens (tertiary/aromatic N) is 5. The van der Waals surface area contributed by atoms with E-state index in [1.807, 2.05) is 48.5 Å². The van der Waals surface area contributed by atoms with Gasteiger partial charge in [0, 0.05) is 24.5 Å². The number of nitrogens with one attached hydrogen (secondary N) is 1. The Morgan fingerprint density at radius 3 is 2.51 bits per heavy atom. The molecule has 9 heteroatoms. The highest BCUT2D eigenvalue weighted by Crippen LogP contribution is 2.27. The van der Waals surface area contributed by atoms with Crippen LogP contribution >= 0.6 is 0 Å². The van der Waals surface area contributed by atoms with Crippen LogP contribution in [0.2, 0.25) is 0 Å². The lowest BCUT2D eigenvalue weighted by molar-refractivity contribution is -0.142. The maximum atomic E-state index is 14.0. The van der Waals surface area contributed by atoms with E-state index >= 15 is 0 Å². The predicted octanol–water partition coefficient (Wildman–Crippen LogP) is 3.77. The number of methoxy groups -OCH3 is 1. The molecule has 0 saturated carbocycles. The van der Waals surface area contributed by atoms with Gasteiger partial charge in [-0.3, -0.25) is 14.6 Å².